The van der Waals surface area contributed by atoms with Crippen LogP contribution in [0.2, 0.25) is 5.02 Å². The lowest BCUT2D eigenvalue weighted by Gasteiger charge is -2.26. The Balaban J connectivity index is 2.16. The van der Waals surface area contributed by atoms with Crippen LogP contribution in [-0.4, -0.2) is 28.4 Å². The van der Waals surface area contributed by atoms with Crippen molar-refractivity contribution in [1.29, 1.82) is 0 Å². The Morgan fingerprint density at radius 3 is 2.85 bits per heavy atom. The van der Waals surface area contributed by atoms with Gasteiger partial charge in [-0.3, -0.25) is 4.79 Å². The lowest BCUT2D eigenvalue weighted by molar-refractivity contribution is 0.111. The van der Waals surface area contributed by atoms with E-state index in [1.165, 1.54) is 6.42 Å². The highest BCUT2D eigenvalue weighted by atomic mass is 35.5. The van der Waals surface area contributed by atoms with Gasteiger partial charge in [0.15, 0.2) is 6.29 Å². The standard InChI is InChI=1S/C14H14ClN3O2/c1-20-13-6-5-10(15)7-12(13)18-14(9-3-2-4-9)11(8-19)16-17-18/h5-9H,2-4H2,1H3. The fraction of sp³-hybridized carbons (Fsp3) is 0.357. The largest absolute Gasteiger partial charge is 0.494 e. The second-order valence-corrected chi connectivity index (χ2v) is 5.27. The van der Waals surface area contributed by atoms with Crippen molar-refractivity contribution < 1.29 is 9.53 Å². The Hall–Kier alpha value is -1.88. The highest BCUT2D eigenvalue weighted by Crippen LogP contribution is 2.39. The van der Waals surface area contributed by atoms with E-state index in [2.05, 4.69) is 10.3 Å². The van der Waals surface area contributed by atoms with E-state index in [-0.39, 0.29) is 0 Å². The SMILES string of the molecule is COc1ccc(Cl)cc1-n1nnc(C=O)c1C1CCC1. The van der Waals surface area contributed by atoms with Crippen molar-refractivity contribution in [2.75, 3.05) is 7.11 Å². The van der Waals surface area contributed by atoms with Crippen LogP contribution in [0, 0.1) is 0 Å². The zero-order valence-corrected chi connectivity index (χ0v) is 11.8. The predicted molar refractivity (Wildman–Crippen MR) is 74.9 cm³/mol. The number of hydrogen-bond donors (Lipinski definition) is 0. The number of carbonyl (C=O) groups excluding carboxylic acids is 1. The van der Waals surface area contributed by atoms with E-state index in [9.17, 15) is 4.79 Å². The van der Waals surface area contributed by atoms with Crippen LogP contribution in [0.3, 0.4) is 0 Å². The first-order valence-corrected chi connectivity index (χ1v) is 6.87. The Bertz CT molecular complexity index is 650. The molecule has 0 aliphatic heterocycles. The summed E-state index contributed by atoms with van der Waals surface area (Å²) in [6.07, 6.45) is 4.03. The molecule has 1 heterocycles. The summed E-state index contributed by atoms with van der Waals surface area (Å²) in [7, 11) is 1.59. The molecule has 1 aromatic carbocycles. The first-order chi connectivity index (χ1) is 9.74. The smallest absolute Gasteiger partial charge is 0.172 e. The summed E-state index contributed by atoms with van der Waals surface area (Å²) in [6.45, 7) is 0. The van der Waals surface area contributed by atoms with Crippen molar-refractivity contribution in [2.45, 2.75) is 25.2 Å². The Morgan fingerprint density at radius 1 is 1.45 bits per heavy atom. The van der Waals surface area contributed by atoms with Crippen LogP contribution < -0.4 is 4.74 Å². The van der Waals surface area contributed by atoms with Crippen LogP contribution in [0.5, 0.6) is 5.75 Å². The quantitative estimate of drug-likeness (QED) is 0.813. The van der Waals surface area contributed by atoms with Crippen LogP contribution >= 0.6 is 11.6 Å². The molecule has 1 aliphatic carbocycles. The van der Waals surface area contributed by atoms with Crippen molar-refractivity contribution >= 4 is 17.9 Å². The lowest BCUT2D eigenvalue weighted by atomic mass is 9.82. The molecule has 20 heavy (non-hydrogen) atoms. The van der Waals surface area contributed by atoms with Gasteiger partial charge in [-0.05, 0) is 31.0 Å². The molecule has 0 saturated heterocycles. The third kappa shape index (κ3) is 2.08. The molecule has 6 heteroatoms. The lowest BCUT2D eigenvalue weighted by Crippen LogP contribution is -2.16. The fourth-order valence-electron chi connectivity index (χ4n) is 2.46. The third-order valence-corrected chi connectivity index (χ3v) is 3.94. The maximum absolute atomic E-state index is 11.2. The number of hydrogen-bond acceptors (Lipinski definition) is 4. The van der Waals surface area contributed by atoms with Crippen LogP contribution in [0.25, 0.3) is 5.69 Å². The molecule has 2 aromatic rings. The number of methoxy groups -OCH3 is 1. The summed E-state index contributed by atoms with van der Waals surface area (Å²) in [5.41, 5.74) is 1.96. The normalized spacial score (nSPS) is 14.9. The predicted octanol–water partition coefficient (Wildman–Crippen LogP) is 3.01. The molecule has 1 aromatic heterocycles. The zero-order valence-electron chi connectivity index (χ0n) is 11.0. The number of carbonyl (C=O) groups is 1. The molecule has 0 bridgehead atoms. The average molecular weight is 292 g/mol. The summed E-state index contributed by atoms with van der Waals surface area (Å²) >= 11 is 6.06. The van der Waals surface area contributed by atoms with Crippen molar-refractivity contribution in [3.05, 3.63) is 34.6 Å². The van der Waals surface area contributed by atoms with Gasteiger partial charge in [-0.25, -0.2) is 4.68 Å². The number of rotatable bonds is 4. The molecule has 0 N–H and O–H groups in total. The average Bonchev–Trinajstić information content (AvgIpc) is 2.80. The highest BCUT2D eigenvalue weighted by molar-refractivity contribution is 6.30. The second kappa shape index (κ2) is 5.25. The summed E-state index contributed by atoms with van der Waals surface area (Å²) in [5.74, 6) is 0.978. The molecule has 1 saturated carbocycles. The van der Waals surface area contributed by atoms with Gasteiger partial charge in [-0.15, -0.1) is 5.10 Å². The van der Waals surface area contributed by atoms with Crippen LogP contribution in [0.4, 0.5) is 0 Å². The monoisotopic (exact) mass is 291 g/mol. The van der Waals surface area contributed by atoms with Crippen molar-refractivity contribution in [2.24, 2.45) is 0 Å². The summed E-state index contributed by atoms with van der Waals surface area (Å²) < 4.78 is 7.03. The van der Waals surface area contributed by atoms with Crippen LogP contribution in [-0.2, 0) is 0 Å². The minimum absolute atomic E-state index is 0.328. The molecular weight excluding hydrogens is 278 g/mol. The number of nitrogens with zero attached hydrogens (tertiary/aromatic N) is 3. The van der Waals surface area contributed by atoms with Crippen molar-refractivity contribution in [3.8, 4) is 11.4 Å². The maximum atomic E-state index is 11.2. The van der Waals surface area contributed by atoms with Crippen LogP contribution in [0.1, 0.15) is 41.4 Å². The molecule has 3 rings (SSSR count). The van der Waals surface area contributed by atoms with E-state index >= 15 is 0 Å². The van der Waals surface area contributed by atoms with E-state index < -0.39 is 0 Å². The maximum Gasteiger partial charge on any atom is 0.172 e. The van der Waals surface area contributed by atoms with Crippen molar-refractivity contribution in [1.82, 2.24) is 15.0 Å². The van der Waals surface area contributed by atoms with E-state index in [0.717, 1.165) is 24.8 Å². The van der Waals surface area contributed by atoms with Gasteiger partial charge in [0.2, 0.25) is 0 Å². The van der Waals surface area contributed by atoms with E-state index in [1.807, 2.05) is 0 Å². The van der Waals surface area contributed by atoms with Gasteiger partial charge in [0.05, 0.1) is 12.8 Å². The summed E-state index contributed by atoms with van der Waals surface area (Å²) in [6, 6.07) is 5.31. The Morgan fingerprint density at radius 2 is 2.25 bits per heavy atom. The molecule has 0 radical (unpaired) electrons. The van der Waals surface area contributed by atoms with Gasteiger partial charge in [-0.1, -0.05) is 23.2 Å². The van der Waals surface area contributed by atoms with Crippen molar-refractivity contribution in [3.63, 3.8) is 0 Å². The summed E-state index contributed by atoms with van der Waals surface area (Å²) in [5, 5.41) is 8.66. The number of ether oxygens (including phenoxy) is 1. The first kappa shape index (κ1) is 13.1. The molecule has 0 unspecified atom stereocenters. The van der Waals surface area contributed by atoms with E-state index in [0.29, 0.717) is 28.1 Å². The first-order valence-electron chi connectivity index (χ1n) is 6.49. The zero-order chi connectivity index (χ0) is 14.1. The molecule has 0 spiro atoms. The molecule has 0 amide bonds. The number of aldehydes is 1. The Labute approximate surface area is 121 Å². The molecule has 0 atom stereocenters. The third-order valence-electron chi connectivity index (χ3n) is 3.71. The van der Waals surface area contributed by atoms with E-state index in [1.54, 1.807) is 30.0 Å². The number of benzene rings is 1. The number of aromatic nitrogens is 3. The number of halogens is 1. The van der Waals surface area contributed by atoms with Gasteiger partial charge >= 0.3 is 0 Å². The second-order valence-electron chi connectivity index (χ2n) is 4.83. The molecule has 1 aliphatic rings. The Kier molecular flexibility index (Phi) is 3.44. The van der Waals surface area contributed by atoms with Gasteiger partial charge in [0.25, 0.3) is 0 Å². The van der Waals surface area contributed by atoms with Gasteiger partial charge in [0.1, 0.15) is 17.1 Å². The minimum atomic E-state index is 0.328. The fourth-order valence-corrected chi connectivity index (χ4v) is 2.62. The van der Waals surface area contributed by atoms with Gasteiger partial charge in [-0.2, -0.15) is 0 Å². The molecular formula is C14H14ClN3O2. The molecule has 5 nitrogen and oxygen atoms in total. The molecule has 1 fully saturated rings. The minimum Gasteiger partial charge on any atom is -0.494 e. The van der Waals surface area contributed by atoms with Gasteiger partial charge in [0, 0.05) is 10.9 Å². The topological polar surface area (TPSA) is 57.0 Å². The highest BCUT2D eigenvalue weighted by Gasteiger charge is 2.29. The summed E-state index contributed by atoms with van der Waals surface area (Å²) in [4.78, 5) is 11.2. The van der Waals surface area contributed by atoms with E-state index in [4.69, 9.17) is 16.3 Å². The molecule has 104 valence electrons. The van der Waals surface area contributed by atoms with Gasteiger partial charge < -0.3 is 4.74 Å². The van der Waals surface area contributed by atoms with Crippen LogP contribution in [0.15, 0.2) is 18.2 Å².